The van der Waals surface area contributed by atoms with Crippen LogP contribution >= 0.6 is 0 Å². The van der Waals surface area contributed by atoms with Crippen molar-refractivity contribution < 1.29 is 14.3 Å². The van der Waals surface area contributed by atoms with Gasteiger partial charge in [-0.3, -0.25) is 9.59 Å². The molecule has 0 unspecified atom stereocenters. The van der Waals surface area contributed by atoms with Crippen LogP contribution < -0.4 is 15.8 Å². The summed E-state index contributed by atoms with van der Waals surface area (Å²) < 4.78 is 6.82. The number of hydrogen-bond acceptors (Lipinski definition) is 5. The molecule has 2 heterocycles. The van der Waals surface area contributed by atoms with Gasteiger partial charge in [-0.25, -0.2) is 9.50 Å². The standard InChI is InChI=1S/C20H23N5O3/c1-11-9-14(5-7-17(11)28-4)24-18(26)8-6-15-12(2)23-20-16(19(21)27)10-22-25(20)13(15)3/h5,7,9-10H,6,8H2,1-4H3,(H2,21,27)(H,24,26). The molecule has 0 aliphatic rings. The van der Waals surface area contributed by atoms with Gasteiger partial charge in [0.15, 0.2) is 5.65 Å². The summed E-state index contributed by atoms with van der Waals surface area (Å²) in [5, 5.41) is 7.10. The lowest BCUT2D eigenvalue weighted by molar-refractivity contribution is -0.116. The van der Waals surface area contributed by atoms with Crippen LogP contribution in [0.4, 0.5) is 5.69 Å². The number of methoxy groups -OCH3 is 1. The zero-order valence-corrected chi connectivity index (χ0v) is 16.4. The van der Waals surface area contributed by atoms with E-state index in [1.54, 1.807) is 11.6 Å². The number of fused-ring (bicyclic) bond motifs is 1. The third-order valence-corrected chi connectivity index (χ3v) is 4.75. The number of nitrogens with zero attached hydrogens (tertiary/aromatic N) is 3. The smallest absolute Gasteiger partial charge is 0.254 e. The van der Waals surface area contributed by atoms with E-state index in [1.165, 1.54) is 6.20 Å². The van der Waals surface area contributed by atoms with E-state index >= 15 is 0 Å². The van der Waals surface area contributed by atoms with E-state index < -0.39 is 5.91 Å². The van der Waals surface area contributed by atoms with Crippen molar-refractivity contribution in [2.24, 2.45) is 5.73 Å². The SMILES string of the molecule is COc1ccc(NC(=O)CCc2c(C)nc3c(C(N)=O)cnn3c2C)cc1C. The van der Waals surface area contributed by atoms with Crippen LogP contribution in [0.5, 0.6) is 5.75 Å². The monoisotopic (exact) mass is 381 g/mol. The van der Waals surface area contributed by atoms with E-state index in [0.717, 1.165) is 34.0 Å². The molecule has 2 aromatic heterocycles. The second-order valence-corrected chi connectivity index (χ2v) is 6.65. The van der Waals surface area contributed by atoms with Crippen molar-refractivity contribution in [2.75, 3.05) is 12.4 Å². The number of nitrogens with two attached hydrogens (primary N) is 1. The Morgan fingerprint density at radius 3 is 2.64 bits per heavy atom. The van der Waals surface area contributed by atoms with Crippen LogP contribution in [0.3, 0.4) is 0 Å². The molecule has 0 bridgehead atoms. The number of benzene rings is 1. The normalized spacial score (nSPS) is 10.9. The van der Waals surface area contributed by atoms with Gasteiger partial charge in [-0.2, -0.15) is 5.10 Å². The van der Waals surface area contributed by atoms with E-state index in [9.17, 15) is 9.59 Å². The average Bonchev–Trinajstić information content (AvgIpc) is 3.06. The van der Waals surface area contributed by atoms with E-state index in [1.807, 2.05) is 39.0 Å². The maximum Gasteiger partial charge on any atom is 0.254 e. The Labute approximate surface area is 162 Å². The molecule has 2 amide bonds. The number of aromatic nitrogens is 3. The van der Waals surface area contributed by atoms with Crippen LogP contribution in [0, 0.1) is 20.8 Å². The van der Waals surface area contributed by atoms with Crippen LogP contribution in [0.15, 0.2) is 24.4 Å². The lowest BCUT2D eigenvalue weighted by atomic mass is 10.1. The Balaban J connectivity index is 1.75. The lowest BCUT2D eigenvalue weighted by Crippen LogP contribution is -2.15. The molecular formula is C20H23N5O3. The number of rotatable bonds is 6. The van der Waals surface area contributed by atoms with Gasteiger partial charge in [-0.15, -0.1) is 0 Å². The fraction of sp³-hybridized carbons (Fsp3) is 0.300. The van der Waals surface area contributed by atoms with Crippen molar-refractivity contribution in [3.63, 3.8) is 0 Å². The first-order chi connectivity index (χ1) is 13.3. The zero-order valence-electron chi connectivity index (χ0n) is 16.4. The van der Waals surface area contributed by atoms with Crippen molar-refractivity contribution in [2.45, 2.75) is 33.6 Å². The molecule has 0 saturated carbocycles. The summed E-state index contributed by atoms with van der Waals surface area (Å²) in [5.74, 6) is 0.114. The minimum Gasteiger partial charge on any atom is -0.496 e. The molecule has 0 atom stereocenters. The summed E-state index contributed by atoms with van der Waals surface area (Å²) in [6, 6.07) is 5.50. The third kappa shape index (κ3) is 3.66. The largest absolute Gasteiger partial charge is 0.496 e. The Morgan fingerprint density at radius 2 is 2.00 bits per heavy atom. The number of nitrogens with one attached hydrogen (secondary N) is 1. The zero-order chi connectivity index (χ0) is 20.4. The van der Waals surface area contributed by atoms with Crippen LogP contribution in [-0.4, -0.2) is 33.5 Å². The average molecular weight is 381 g/mol. The highest BCUT2D eigenvalue weighted by molar-refractivity contribution is 5.98. The quantitative estimate of drug-likeness (QED) is 0.681. The molecule has 8 nitrogen and oxygen atoms in total. The Hall–Kier alpha value is -3.42. The van der Waals surface area contributed by atoms with Gasteiger partial charge in [-0.1, -0.05) is 0 Å². The van der Waals surface area contributed by atoms with Crippen molar-refractivity contribution >= 4 is 23.1 Å². The number of carbonyl (C=O) groups excluding carboxylic acids is 2. The molecule has 0 aliphatic heterocycles. The lowest BCUT2D eigenvalue weighted by Gasteiger charge is -2.12. The summed E-state index contributed by atoms with van der Waals surface area (Å²) in [6.45, 7) is 5.66. The highest BCUT2D eigenvalue weighted by Crippen LogP contribution is 2.22. The fourth-order valence-corrected chi connectivity index (χ4v) is 3.26. The van der Waals surface area contributed by atoms with Gasteiger partial charge in [0.2, 0.25) is 5.91 Å². The van der Waals surface area contributed by atoms with E-state index in [-0.39, 0.29) is 11.5 Å². The minimum atomic E-state index is -0.566. The van der Waals surface area contributed by atoms with Crippen molar-refractivity contribution in [3.05, 3.63) is 52.5 Å². The highest BCUT2D eigenvalue weighted by Gasteiger charge is 2.17. The summed E-state index contributed by atoms with van der Waals surface area (Å²) >= 11 is 0. The Bertz CT molecular complexity index is 1070. The first-order valence-electron chi connectivity index (χ1n) is 8.90. The molecule has 28 heavy (non-hydrogen) atoms. The second-order valence-electron chi connectivity index (χ2n) is 6.65. The molecule has 146 valence electrons. The summed E-state index contributed by atoms with van der Waals surface area (Å²) in [5.41, 5.74) is 10.3. The molecule has 3 N–H and O–H groups in total. The van der Waals surface area contributed by atoms with Crippen LogP contribution in [-0.2, 0) is 11.2 Å². The number of amides is 2. The van der Waals surface area contributed by atoms with Crippen molar-refractivity contribution in [1.82, 2.24) is 14.6 Å². The van der Waals surface area contributed by atoms with Gasteiger partial charge >= 0.3 is 0 Å². The molecule has 0 saturated heterocycles. The van der Waals surface area contributed by atoms with Crippen LogP contribution in [0.25, 0.3) is 5.65 Å². The van der Waals surface area contributed by atoms with Crippen LogP contribution in [0.1, 0.15) is 39.3 Å². The molecule has 0 radical (unpaired) electrons. The third-order valence-electron chi connectivity index (χ3n) is 4.75. The molecule has 3 aromatic rings. The van der Waals surface area contributed by atoms with Gasteiger partial charge in [-0.05, 0) is 56.5 Å². The first-order valence-corrected chi connectivity index (χ1v) is 8.90. The predicted molar refractivity (Wildman–Crippen MR) is 106 cm³/mol. The van der Waals surface area contributed by atoms with Gasteiger partial charge in [0.25, 0.3) is 5.91 Å². The highest BCUT2D eigenvalue weighted by atomic mass is 16.5. The molecular weight excluding hydrogens is 358 g/mol. The fourth-order valence-electron chi connectivity index (χ4n) is 3.26. The van der Waals surface area contributed by atoms with Gasteiger partial charge < -0.3 is 15.8 Å². The second kappa shape index (κ2) is 7.67. The molecule has 3 rings (SSSR count). The number of ether oxygens (including phenoxy) is 1. The number of anilines is 1. The van der Waals surface area contributed by atoms with Gasteiger partial charge in [0.1, 0.15) is 11.3 Å². The molecule has 0 spiro atoms. The van der Waals surface area contributed by atoms with Gasteiger partial charge in [0, 0.05) is 23.5 Å². The first kappa shape index (κ1) is 19.3. The number of aryl methyl sites for hydroxylation is 3. The molecule has 8 heteroatoms. The topological polar surface area (TPSA) is 112 Å². The summed E-state index contributed by atoms with van der Waals surface area (Å²) in [6.07, 6.45) is 2.22. The van der Waals surface area contributed by atoms with Crippen molar-refractivity contribution in [1.29, 1.82) is 0 Å². The van der Waals surface area contributed by atoms with E-state index in [2.05, 4.69) is 15.4 Å². The molecule has 1 aromatic carbocycles. The summed E-state index contributed by atoms with van der Waals surface area (Å²) in [7, 11) is 1.61. The van der Waals surface area contributed by atoms with E-state index in [4.69, 9.17) is 10.5 Å². The summed E-state index contributed by atoms with van der Waals surface area (Å²) in [4.78, 5) is 28.4. The van der Waals surface area contributed by atoms with Crippen molar-refractivity contribution in [3.8, 4) is 5.75 Å². The molecule has 0 aliphatic carbocycles. The number of carbonyl (C=O) groups is 2. The number of hydrogen-bond donors (Lipinski definition) is 2. The Kier molecular flexibility index (Phi) is 5.30. The van der Waals surface area contributed by atoms with Gasteiger partial charge in [0.05, 0.1) is 13.3 Å². The van der Waals surface area contributed by atoms with Crippen LogP contribution in [0.2, 0.25) is 0 Å². The van der Waals surface area contributed by atoms with E-state index in [0.29, 0.717) is 18.5 Å². The molecule has 0 fully saturated rings. The predicted octanol–water partition coefficient (Wildman–Crippen LogP) is 2.33. The maximum absolute atomic E-state index is 12.4. The maximum atomic E-state index is 12.4. The minimum absolute atomic E-state index is 0.0956. The number of primary amides is 1. The Morgan fingerprint density at radius 1 is 1.25 bits per heavy atom.